The van der Waals surface area contributed by atoms with Crippen LogP contribution >= 0.6 is 22.6 Å². The second kappa shape index (κ2) is 5.57. The summed E-state index contributed by atoms with van der Waals surface area (Å²) in [6, 6.07) is 3.94. The van der Waals surface area contributed by atoms with Crippen LogP contribution in [0.15, 0.2) is 23.0 Å². The molecule has 0 aliphatic rings. The number of fused-ring (bicyclic) bond motifs is 1. The quantitative estimate of drug-likeness (QED) is 0.427. The van der Waals surface area contributed by atoms with Crippen molar-refractivity contribution in [2.45, 2.75) is 6.61 Å². The van der Waals surface area contributed by atoms with Crippen molar-refractivity contribution >= 4 is 39.3 Å². The van der Waals surface area contributed by atoms with Gasteiger partial charge in [-0.1, -0.05) is 0 Å². The number of imidazole rings is 1. The molecule has 23 heavy (non-hydrogen) atoms. The SMILES string of the molecule is Nc1c(F)c(F)c2c([nH]c(=O)n2-c2ccc(I)cc2F)c1CO. The Kier molecular flexibility index (Phi) is 3.84. The van der Waals surface area contributed by atoms with Crippen molar-refractivity contribution < 1.29 is 18.3 Å². The second-order valence-electron chi connectivity index (χ2n) is 4.76. The first kappa shape index (κ1) is 15.9. The molecule has 120 valence electrons. The molecule has 3 aromatic rings. The van der Waals surface area contributed by atoms with Crippen LogP contribution in [0.25, 0.3) is 16.7 Å². The highest BCUT2D eigenvalue weighted by Crippen LogP contribution is 2.30. The molecule has 2 aromatic carbocycles. The summed E-state index contributed by atoms with van der Waals surface area (Å²) in [6.07, 6.45) is 0. The fourth-order valence-electron chi connectivity index (χ4n) is 2.41. The molecule has 0 atom stereocenters. The topological polar surface area (TPSA) is 84.0 Å². The van der Waals surface area contributed by atoms with Gasteiger partial charge in [0.2, 0.25) is 0 Å². The van der Waals surface area contributed by atoms with Gasteiger partial charge in [0, 0.05) is 9.13 Å². The van der Waals surface area contributed by atoms with Crippen LogP contribution in [0.5, 0.6) is 0 Å². The summed E-state index contributed by atoms with van der Waals surface area (Å²) in [5, 5.41) is 9.32. The van der Waals surface area contributed by atoms with Crippen molar-refractivity contribution in [1.82, 2.24) is 9.55 Å². The van der Waals surface area contributed by atoms with Crippen LogP contribution in [0, 0.1) is 21.0 Å². The number of nitrogen functional groups attached to an aromatic ring is 1. The Morgan fingerprint density at radius 1 is 1.26 bits per heavy atom. The van der Waals surface area contributed by atoms with Crippen LogP contribution in [0.2, 0.25) is 0 Å². The minimum Gasteiger partial charge on any atom is -0.396 e. The Hall–Kier alpha value is -2.01. The molecule has 0 saturated carbocycles. The first-order valence-electron chi connectivity index (χ1n) is 6.33. The summed E-state index contributed by atoms with van der Waals surface area (Å²) in [6.45, 7) is -0.714. The van der Waals surface area contributed by atoms with E-state index >= 15 is 0 Å². The molecule has 0 unspecified atom stereocenters. The average molecular weight is 435 g/mol. The Labute approximate surface area is 140 Å². The highest BCUT2D eigenvalue weighted by molar-refractivity contribution is 14.1. The van der Waals surface area contributed by atoms with E-state index in [9.17, 15) is 23.1 Å². The number of aromatic amines is 1. The van der Waals surface area contributed by atoms with Gasteiger partial charge < -0.3 is 15.8 Å². The van der Waals surface area contributed by atoms with E-state index in [0.717, 1.165) is 6.07 Å². The summed E-state index contributed by atoms with van der Waals surface area (Å²) in [5.74, 6) is -3.58. The second-order valence-corrected chi connectivity index (χ2v) is 6.01. The molecule has 0 amide bonds. The maximum Gasteiger partial charge on any atom is 0.331 e. The number of nitrogens with zero attached hydrogens (tertiary/aromatic N) is 1. The molecule has 0 spiro atoms. The highest BCUT2D eigenvalue weighted by atomic mass is 127. The standard InChI is InChI=1S/C14H9F3IN3O2/c15-7-3-5(18)1-2-8(7)21-13-10(17)9(16)11(19)6(4-22)12(13)20-14(21)23/h1-3,22H,4,19H2,(H,20,23). The van der Waals surface area contributed by atoms with Gasteiger partial charge in [0.15, 0.2) is 11.6 Å². The molecule has 3 rings (SSSR count). The maximum absolute atomic E-state index is 14.3. The molecule has 0 aliphatic heterocycles. The van der Waals surface area contributed by atoms with Crippen LogP contribution in [0.1, 0.15) is 5.56 Å². The Bertz CT molecular complexity index is 997. The zero-order valence-corrected chi connectivity index (χ0v) is 13.5. The number of benzene rings is 2. The molecule has 0 saturated heterocycles. The minimum absolute atomic E-state index is 0.166. The van der Waals surface area contributed by atoms with E-state index in [2.05, 4.69) is 4.98 Å². The van der Waals surface area contributed by atoms with E-state index in [1.54, 1.807) is 0 Å². The highest BCUT2D eigenvalue weighted by Gasteiger charge is 2.24. The summed E-state index contributed by atoms with van der Waals surface area (Å²) < 4.78 is 43.6. The fraction of sp³-hybridized carbons (Fsp3) is 0.0714. The third-order valence-corrected chi connectivity index (χ3v) is 4.14. The summed E-state index contributed by atoms with van der Waals surface area (Å²) >= 11 is 1.88. The predicted octanol–water partition coefficient (Wildman–Crippen LogP) is 2.42. The molecular formula is C14H9F3IN3O2. The zero-order chi connectivity index (χ0) is 16.9. The van der Waals surface area contributed by atoms with Crippen LogP contribution in [-0.2, 0) is 6.61 Å². The van der Waals surface area contributed by atoms with Crippen molar-refractivity contribution in [1.29, 1.82) is 0 Å². The third-order valence-electron chi connectivity index (χ3n) is 3.47. The number of hydrogen-bond donors (Lipinski definition) is 3. The summed E-state index contributed by atoms with van der Waals surface area (Å²) in [7, 11) is 0. The van der Waals surface area contributed by atoms with Gasteiger partial charge >= 0.3 is 5.69 Å². The van der Waals surface area contributed by atoms with Gasteiger partial charge in [-0.2, -0.15) is 0 Å². The third kappa shape index (κ3) is 2.30. The lowest BCUT2D eigenvalue weighted by molar-refractivity contribution is 0.283. The molecule has 1 heterocycles. The van der Waals surface area contributed by atoms with Gasteiger partial charge in [-0.3, -0.25) is 4.57 Å². The van der Waals surface area contributed by atoms with E-state index in [0.29, 0.717) is 8.14 Å². The van der Waals surface area contributed by atoms with Crippen molar-refractivity contribution in [2.75, 3.05) is 5.73 Å². The lowest BCUT2D eigenvalue weighted by Gasteiger charge is -2.10. The fourth-order valence-corrected chi connectivity index (χ4v) is 2.86. The molecular weight excluding hydrogens is 426 g/mol. The van der Waals surface area contributed by atoms with Crippen LogP contribution in [0.4, 0.5) is 18.9 Å². The van der Waals surface area contributed by atoms with Crippen molar-refractivity contribution in [3.63, 3.8) is 0 Å². The van der Waals surface area contributed by atoms with Gasteiger partial charge in [0.05, 0.1) is 23.5 Å². The Morgan fingerprint density at radius 2 is 1.96 bits per heavy atom. The number of halogens is 4. The average Bonchev–Trinajstić information content (AvgIpc) is 2.83. The number of nitrogens with one attached hydrogen (secondary N) is 1. The largest absolute Gasteiger partial charge is 0.396 e. The molecule has 1 aromatic heterocycles. The zero-order valence-electron chi connectivity index (χ0n) is 11.3. The van der Waals surface area contributed by atoms with Gasteiger partial charge in [0.1, 0.15) is 11.3 Å². The van der Waals surface area contributed by atoms with E-state index < -0.39 is 41.0 Å². The molecule has 0 radical (unpaired) electrons. The lowest BCUT2D eigenvalue weighted by Crippen LogP contribution is -2.16. The summed E-state index contributed by atoms with van der Waals surface area (Å²) in [4.78, 5) is 14.4. The van der Waals surface area contributed by atoms with Gasteiger partial charge in [-0.15, -0.1) is 0 Å². The number of aromatic nitrogens is 2. The number of aliphatic hydroxyl groups is 1. The molecule has 4 N–H and O–H groups in total. The molecule has 0 bridgehead atoms. The molecule has 9 heteroatoms. The number of aliphatic hydroxyl groups excluding tert-OH is 1. The smallest absolute Gasteiger partial charge is 0.331 e. The predicted molar refractivity (Wildman–Crippen MR) is 86.8 cm³/mol. The number of hydrogen-bond acceptors (Lipinski definition) is 3. The minimum atomic E-state index is -1.40. The van der Waals surface area contributed by atoms with E-state index in [1.165, 1.54) is 12.1 Å². The van der Waals surface area contributed by atoms with Crippen LogP contribution in [-0.4, -0.2) is 14.7 Å². The van der Waals surface area contributed by atoms with E-state index in [4.69, 9.17) is 5.73 Å². The van der Waals surface area contributed by atoms with Gasteiger partial charge in [-0.05, 0) is 40.8 Å². The number of rotatable bonds is 2. The van der Waals surface area contributed by atoms with E-state index in [-0.39, 0.29) is 16.8 Å². The Balaban J connectivity index is 2.50. The molecule has 0 aliphatic carbocycles. The van der Waals surface area contributed by atoms with Crippen molar-refractivity contribution in [3.8, 4) is 5.69 Å². The lowest BCUT2D eigenvalue weighted by atomic mass is 10.1. The molecule has 5 nitrogen and oxygen atoms in total. The van der Waals surface area contributed by atoms with Crippen molar-refractivity contribution in [3.05, 3.63) is 55.3 Å². The first-order valence-corrected chi connectivity index (χ1v) is 7.41. The van der Waals surface area contributed by atoms with E-state index in [1.807, 2.05) is 22.6 Å². The number of anilines is 1. The number of nitrogens with two attached hydrogens (primary N) is 1. The first-order chi connectivity index (χ1) is 10.9. The van der Waals surface area contributed by atoms with Crippen molar-refractivity contribution in [2.24, 2.45) is 0 Å². The monoisotopic (exact) mass is 435 g/mol. The summed E-state index contributed by atoms with van der Waals surface area (Å²) in [5.41, 5.74) is 2.86. The maximum atomic E-state index is 14.3. The van der Waals surface area contributed by atoms with Crippen LogP contribution < -0.4 is 11.4 Å². The van der Waals surface area contributed by atoms with Gasteiger partial charge in [-0.25, -0.2) is 18.0 Å². The molecule has 0 fully saturated rings. The number of H-pyrrole nitrogens is 1. The van der Waals surface area contributed by atoms with Crippen LogP contribution in [0.3, 0.4) is 0 Å². The Morgan fingerprint density at radius 3 is 2.57 bits per heavy atom. The van der Waals surface area contributed by atoms with Gasteiger partial charge in [0.25, 0.3) is 0 Å². The normalized spacial score (nSPS) is 11.3.